The third kappa shape index (κ3) is 2.79. The molecule has 6 nitrogen and oxygen atoms in total. The Kier molecular flexibility index (Phi) is 4.88. The first-order valence-electron chi connectivity index (χ1n) is 11.1. The Morgan fingerprint density at radius 2 is 1.93 bits per heavy atom. The Morgan fingerprint density at radius 1 is 1.23 bits per heavy atom. The Labute approximate surface area is 177 Å². The average molecular weight is 417 g/mol. The van der Waals surface area contributed by atoms with E-state index in [-0.39, 0.29) is 53.5 Å². The van der Waals surface area contributed by atoms with Gasteiger partial charge in [0, 0.05) is 31.1 Å². The molecule has 0 aliphatic heterocycles. The number of aliphatic hydroxyl groups is 1. The van der Waals surface area contributed by atoms with E-state index in [4.69, 9.17) is 4.74 Å². The molecule has 0 aromatic carbocycles. The minimum absolute atomic E-state index is 0.0462. The van der Waals surface area contributed by atoms with Crippen LogP contribution >= 0.6 is 0 Å². The highest BCUT2D eigenvalue weighted by Crippen LogP contribution is 2.67. The second-order valence-corrected chi connectivity index (χ2v) is 10.5. The minimum Gasteiger partial charge on any atom is -0.458 e. The van der Waals surface area contributed by atoms with Gasteiger partial charge in [0.15, 0.2) is 12.4 Å². The van der Waals surface area contributed by atoms with Crippen LogP contribution in [0.15, 0.2) is 11.6 Å². The molecular formula is C24H32O6. The first-order chi connectivity index (χ1) is 13.9. The molecule has 0 radical (unpaired) electrons. The van der Waals surface area contributed by atoms with E-state index in [1.807, 2.05) is 6.92 Å². The summed E-state index contributed by atoms with van der Waals surface area (Å²) >= 11 is 0. The lowest BCUT2D eigenvalue weighted by Gasteiger charge is -2.59. The van der Waals surface area contributed by atoms with Crippen molar-refractivity contribution in [1.82, 2.24) is 0 Å². The lowest BCUT2D eigenvalue weighted by Crippen LogP contribution is -2.61. The van der Waals surface area contributed by atoms with Crippen molar-refractivity contribution >= 4 is 23.3 Å². The van der Waals surface area contributed by atoms with E-state index in [1.54, 1.807) is 6.08 Å². The quantitative estimate of drug-likeness (QED) is 0.711. The summed E-state index contributed by atoms with van der Waals surface area (Å²) in [6.45, 7) is 6.90. The number of hydrogen-bond acceptors (Lipinski definition) is 6. The molecule has 4 rings (SSSR count). The summed E-state index contributed by atoms with van der Waals surface area (Å²) in [4.78, 5) is 49.7. The molecule has 0 saturated heterocycles. The zero-order valence-electron chi connectivity index (χ0n) is 18.3. The van der Waals surface area contributed by atoms with Crippen molar-refractivity contribution in [3.63, 3.8) is 0 Å². The number of fused-ring (bicyclic) bond motifs is 5. The Morgan fingerprint density at radius 3 is 2.60 bits per heavy atom. The monoisotopic (exact) mass is 416 g/mol. The molecule has 3 saturated carbocycles. The molecule has 0 bridgehead atoms. The normalized spacial score (nSPS) is 45.2. The molecule has 0 amide bonds. The first-order valence-corrected chi connectivity index (χ1v) is 11.1. The maximum atomic E-state index is 13.6. The third-order valence-corrected chi connectivity index (χ3v) is 8.99. The van der Waals surface area contributed by atoms with E-state index in [0.717, 1.165) is 12.0 Å². The summed E-state index contributed by atoms with van der Waals surface area (Å²) in [5.41, 5.74) is -1.73. The van der Waals surface area contributed by atoms with Crippen LogP contribution in [0.25, 0.3) is 0 Å². The summed E-state index contributed by atoms with van der Waals surface area (Å²) in [6.07, 6.45) is 4.83. The molecule has 7 atom stereocenters. The van der Waals surface area contributed by atoms with Crippen molar-refractivity contribution in [3.05, 3.63) is 11.6 Å². The third-order valence-electron chi connectivity index (χ3n) is 8.99. The fourth-order valence-electron chi connectivity index (χ4n) is 7.57. The fourth-order valence-corrected chi connectivity index (χ4v) is 7.57. The number of ketones is 3. The Balaban J connectivity index is 1.70. The number of Topliss-reactive ketones (excluding diaryl/α,β-unsaturated/α-hetero) is 2. The zero-order valence-corrected chi connectivity index (χ0v) is 18.3. The van der Waals surface area contributed by atoms with Crippen LogP contribution in [-0.4, -0.2) is 40.6 Å². The summed E-state index contributed by atoms with van der Waals surface area (Å²) < 4.78 is 4.88. The van der Waals surface area contributed by atoms with Crippen molar-refractivity contribution in [2.45, 2.75) is 71.8 Å². The summed E-state index contributed by atoms with van der Waals surface area (Å²) in [7, 11) is 0. The molecule has 164 valence electrons. The van der Waals surface area contributed by atoms with Crippen molar-refractivity contribution in [2.75, 3.05) is 6.61 Å². The first kappa shape index (κ1) is 21.4. The number of carbonyl (C=O) groups excluding carboxylic acids is 4. The van der Waals surface area contributed by atoms with Gasteiger partial charge in [0.1, 0.15) is 11.4 Å². The number of carbonyl (C=O) groups is 4. The lowest BCUT2D eigenvalue weighted by atomic mass is 9.44. The van der Waals surface area contributed by atoms with Gasteiger partial charge in [0.05, 0.1) is 0 Å². The van der Waals surface area contributed by atoms with Crippen LogP contribution < -0.4 is 0 Å². The van der Waals surface area contributed by atoms with E-state index < -0.39 is 29.4 Å². The van der Waals surface area contributed by atoms with Gasteiger partial charge in [-0.05, 0) is 54.9 Å². The predicted octanol–water partition coefficient (Wildman–Crippen LogP) is 2.81. The van der Waals surface area contributed by atoms with Crippen LogP contribution in [0.1, 0.15) is 66.2 Å². The minimum atomic E-state index is -1.66. The Bertz CT molecular complexity index is 858. The molecular weight excluding hydrogens is 384 g/mol. The fraction of sp³-hybridized carbons (Fsp3) is 0.750. The lowest BCUT2D eigenvalue weighted by molar-refractivity contribution is -0.174. The molecule has 4 aliphatic rings. The highest BCUT2D eigenvalue weighted by atomic mass is 16.5. The Hall–Kier alpha value is -1.82. The summed E-state index contributed by atoms with van der Waals surface area (Å²) in [6, 6.07) is 0. The van der Waals surface area contributed by atoms with E-state index in [0.29, 0.717) is 19.3 Å². The second-order valence-electron chi connectivity index (χ2n) is 10.5. The van der Waals surface area contributed by atoms with Crippen LogP contribution in [0, 0.1) is 34.5 Å². The number of allylic oxidation sites excluding steroid dienone is 1. The van der Waals surface area contributed by atoms with E-state index >= 15 is 0 Å². The van der Waals surface area contributed by atoms with Crippen molar-refractivity contribution < 1.29 is 29.0 Å². The predicted molar refractivity (Wildman–Crippen MR) is 108 cm³/mol. The molecule has 0 aromatic heterocycles. The van der Waals surface area contributed by atoms with Crippen LogP contribution in [0.5, 0.6) is 0 Å². The van der Waals surface area contributed by atoms with Crippen molar-refractivity contribution in [1.29, 1.82) is 0 Å². The molecule has 5 unspecified atom stereocenters. The van der Waals surface area contributed by atoms with Crippen LogP contribution in [-0.2, 0) is 23.9 Å². The van der Waals surface area contributed by atoms with Gasteiger partial charge < -0.3 is 9.84 Å². The standard InChI is InChI=1S/C24H32O6/c1-13-9-16-17-6-8-24(29,20(28)12-30-14(2)25)23(17,4)11-19(27)21(16)22(3)7-5-15(26)10-18(13)22/h10,13,16-17,21,29H,5-9,11-12H2,1-4H3/t13-,16?,17?,21?,22?,23?,24-/m0/s1. The smallest absolute Gasteiger partial charge is 0.303 e. The highest BCUT2D eigenvalue weighted by Gasteiger charge is 2.69. The molecule has 0 heterocycles. The molecule has 3 fully saturated rings. The van der Waals surface area contributed by atoms with Crippen molar-refractivity contribution in [3.8, 4) is 0 Å². The largest absolute Gasteiger partial charge is 0.458 e. The number of ether oxygens (including phenoxy) is 1. The van der Waals surface area contributed by atoms with Crippen LogP contribution in [0.2, 0.25) is 0 Å². The topological polar surface area (TPSA) is 97.7 Å². The maximum Gasteiger partial charge on any atom is 0.303 e. The van der Waals surface area contributed by atoms with Crippen LogP contribution in [0.3, 0.4) is 0 Å². The molecule has 0 spiro atoms. The highest BCUT2D eigenvalue weighted by molar-refractivity contribution is 5.95. The van der Waals surface area contributed by atoms with E-state index in [1.165, 1.54) is 6.92 Å². The van der Waals surface area contributed by atoms with Gasteiger partial charge >= 0.3 is 5.97 Å². The second kappa shape index (κ2) is 6.84. The van der Waals surface area contributed by atoms with Gasteiger partial charge in [-0.3, -0.25) is 19.2 Å². The van der Waals surface area contributed by atoms with Crippen molar-refractivity contribution in [2.24, 2.45) is 34.5 Å². The van der Waals surface area contributed by atoms with Gasteiger partial charge in [-0.25, -0.2) is 0 Å². The van der Waals surface area contributed by atoms with Gasteiger partial charge in [-0.1, -0.05) is 26.3 Å². The molecule has 6 heteroatoms. The van der Waals surface area contributed by atoms with Gasteiger partial charge in [-0.15, -0.1) is 0 Å². The van der Waals surface area contributed by atoms with Gasteiger partial charge in [-0.2, -0.15) is 0 Å². The average Bonchev–Trinajstić information content (AvgIpc) is 2.93. The number of hydrogen-bond donors (Lipinski definition) is 1. The SMILES string of the molecule is CC(=O)OCC(=O)[C@@]1(O)CCC2C3C[C@H](C)C4=CC(=O)CCC4(C)C3C(=O)CC21C. The molecule has 30 heavy (non-hydrogen) atoms. The van der Waals surface area contributed by atoms with Gasteiger partial charge in [0.2, 0.25) is 5.78 Å². The summed E-state index contributed by atoms with van der Waals surface area (Å²) in [5, 5.41) is 11.5. The van der Waals surface area contributed by atoms with E-state index in [9.17, 15) is 24.3 Å². The zero-order chi connectivity index (χ0) is 22.1. The van der Waals surface area contributed by atoms with Gasteiger partial charge in [0.25, 0.3) is 0 Å². The van der Waals surface area contributed by atoms with Crippen LogP contribution in [0.4, 0.5) is 0 Å². The maximum absolute atomic E-state index is 13.6. The molecule has 4 aliphatic carbocycles. The number of rotatable bonds is 3. The molecule has 1 N–H and O–H groups in total. The van der Waals surface area contributed by atoms with E-state index in [2.05, 4.69) is 13.8 Å². The number of esters is 1. The summed E-state index contributed by atoms with van der Waals surface area (Å²) in [5.74, 6) is -0.680. The molecule has 0 aromatic rings.